The summed E-state index contributed by atoms with van der Waals surface area (Å²) in [6, 6.07) is 41.1. The summed E-state index contributed by atoms with van der Waals surface area (Å²) in [7, 11) is 0. The Morgan fingerprint density at radius 1 is 0.408 bits per heavy atom. The van der Waals surface area contributed by atoms with Gasteiger partial charge >= 0.3 is 6.18 Å². The Labute approximate surface area is 430 Å². The monoisotopic (exact) mass is 993 g/mol. The molecule has 0 aliphatic heterocycles. The maximum atomic E-state index is 12.4. The lowest BCUT2D eigenvalue weighted by Gasteiger charge is -2.09. The summed E-state index contributed by atoms with van der Waals surface area (Å²) in [4.78, 5) is 16.1. The number of nitrogens with zero attached hydrogens (tertiary/aromatic N) is 4. The molecule has 0 saturated heterocycles. The number of hydrogen-bond donors (Lipinski definition) is 0. The van der Waals surface area contributed by atoms with Crippen molar-refractivity contribution in [2.75, 3.05) is 0 Å². The lowest BCUT2D eigenvalue weighted by atomic mass is 10.0. The van der Waals surface area contributed by atoms with Crippen LogP contribution in [0.4, 0.5) is 17.6 Å². The Balaban J connectivity index is 0.000000415. The van der Waals surface area contributed by atoms with Crippen LogP contribution in [0, 0.1) is 19.7 Å². The fourth-order valence-corrected chi connectivity index (χ4v) is 6.01. The lowest BCUT2D eigenvalue weighted by Crippen LogP contribution is -2.04. The summed E-state index contributed by atoms with van der Waals surface area (Å²) in [5.74, 6) is 4.37. The average Bonchev–Trinajstić information content (AvgIpc) is 3.33. The predicted octanol–water partition coefficient (Wildman–Crippen LogP) is 19.7. The number of aromatic nitrogens is 4. The van der Waals surface area contributed by atoms with Gasteiger partial charge in [0.05, 0.1) is 5.56 Å². The maximum absolute atomic E-state index is 12.4. The molecule has 4 nitrogen and oxygen atoms in total. The van der Waals surface area contributed by atoms with Crippen LogP contribution in [0.5, 0.6) is 0 Å². The molecule has 0 atom stereocenters. The van der Waals surface area contributed by atoms with Gasteiger partial charge in [0, 0.05) is 29.3 Å². The second-order valence-electron chi connectivity index (χ2n) is 19.3. The SMILES string of the molecule is CC(C)c1ccc(C(F)(F)F)cc1.CC(C)c1ccc(Cl)cc1.CC(C)c1ccc(F)cc1.CC(C)c1ccccc1.CC(C)c1ccncn1.Cc1ccc(C(C)C)cc1.Cc1ncc(C(C)C)cn1. The standard InChI is InChI=1S/C10H11F3.C10H14.C9H11Cl.C9H11F.C9H12.C8H12N2.C7H10N2/c1-7(2)8-3-5-9(6-4-8)10(11,12)13;1-8(2)10-6-4-9(3)5-7-10;2*1-7(2)8-3-5-9(10)6-4-8;1-8(2)9-6-4-3-5-7-9;1-6(2)8-4-9-7(3)10-5-8;1-6(2)7-3-4-8-5-9-7/h3-7H,1-2H3;4-8H,1-3H3;2*3-7H,1-2H3;3-8H,1-2H3;4-6H,1-3H3;3-6H,1-2H3. The topological polar surface area (TPSA) is 51.6 Å². The molecule has 2 heterocycles. The molecule has 5 aromatic carbocycles. The van der Waals surface area contributed by atoms with E-state index >= 15 is 0 Å². The minimum atomic E-state index is -4.23. The molecule has 0 radical (unpaired) electrons. The molecule has 9 heteroatoms. The van der Waals surface area contributed by atoms with Crippen LogP contribution in [0.1, 0.15) is 194 Å². The first-order chi connectivity index (χ1) is 33.3. The van der Waals surface area contributed by atoms with Crippen molar-refractivity contribution in [3.63, 3.8) is 0 Å². The van der Waals surface area contributed by atoms with Gasteiger partial charge in [0.25, 0.3) is 0 Å². The van der Waals surface area contributed by atoms with E-state index < -0.39 is 11.7 Å². The Morgan fingerprint density at radius 2 is 0.775 bits per heavy atom. The fourth-order valence-electron chi connectivity index (χ4n) is 5.88. The smallest absolute Gasteiger partial charge is 0.245 e. The molecule has 0 aliphatic rings. The van der Waals surface area contributed by atoms with Crippen molar-refractivity contribution in [3.8, 4) is 0 Å². The molecule has 7 aromatic rings. The quantitative estimate of drug-likeness (QED) is 0.149. The second-order valence-corrected chi connectivity index (χ2v) is 19.8. The molecular formula is C62H81ClF4N4. The van der Waals surface area contributed by atoms with Gasteiger partial charge in [-0.3, -0.25) is 0 Å². The van der Waals surface area contributed by atoms with Crippen LogP contribution in [0.2, 0.25) is 5.02 Å². The molecule has 0 amide bonds. The van der Waals surface area contributed by atoms with Crippen molar-refractivity contribution < 1.29 is 17.6 Å². The zero-order chi connectivity index (χ0) is 53.7. The number of benzene rings is 5. The highest BCUT2D eigenvalue weighted by Crippen LogP contribution is 2.30. The number of hydrogen-bond acceptors (Lipinski definition) is 4. The van der Waals surface area contributed by atoms with E-state index in [9.17, 15) is 17.6 Å². The van der Waals surface area contributed by atoms with Gasteiger partial charge in [-0.1, -0.05) is 205 Å². The molecule has 0 fully saturated rings. The van der Waals surface area contributed by atoms with Crippen LogP contribution >= 0.6 is 11.6 Å². The van der Waals surface area contributed by atoms with Crippen LogP contribution in [0.25, 0.3) is 0 Å². The van der Waals surface area contributed by atoms with E-state index in [4.69, 9.17) is 11.6 Å². The number of rotatable bonds is 7. The van der Waals surface area contributed by atoms with E-state index in [-0.39, 0.29) is 11.7 Å². The van der Waals surface area contributed by atoms with Crippen LogP contribution in [-0.2, 0) is 6.18 Å². The van der Waals surface area contributed by atoms with E-state index in [1.807, 2.05) is 69.6 Å². The van der Waals surface area contributed by atoms with Gasteiger partial charge in [0.2, 0.25) is 0 Å². The van der Waals surface area contributed by atoms with Gasteiger partial charge in [-0.25, -0.2) is 24.3 Å². The largest absolute Gasteiger partial charge is 0.416 e. The summed E-state index contributed by atoms with van der Waals surface area (Å²) < 4.78 is 48.7. The van der Waals surface area contributed by atoms with E-state index in [1.165, 1.54) is 57.6 Å². The van der Waals surface area contributed by atoms with Crippen LogP contribution in [0.15, 0.2) is 158 Å². The number of alkyl halides is 3. The Kier molecular flexibility index (Phi) is 30.1. The molecule has 7 rings (SSSR count). The summed E-state index contributed by atoms with van der Waals surface area (Å²) in [5, 5.41) is 0.810. The Morgan fingerprint density at radius 3 is 1.10 bits per heavy atom. The molecule has 0 saturated carbocycles. The second kappa shape index (κ2) is 33.8. The molecule has 71 heavy (non-hydrogen) atoms. The van der Waals surface area contributed by atoms with Crippen molar-refractivity contribution in [2.24, 2.45) is 0 Å². The molecule has 0 bridgehead atoms. The van der Waals surface area contributed by atoms with Gasteiger partial charge in [0.15, 0.2) is 0 Å². The molecule has 0 aliphatic carbocycles. The van der Waals surface area contributed by atoms with E-state index in [0.29, 0.717) is 35.5 Å². The minimum Gasteiger partial charge on any atom is -0.245 e. The Bertz CT molecular complexity index is 2140. The van der Waals surface area contributed by atoms with Crippen LogP contribution in [0.3, 0.4) is 0 Å². The van der Waals surface area contributed by atoms with Gasteiger partial charge in [0.1, 0.15) is 18.0 Å². The number of aryl methyl sites for hydroxylation is 2. The summed E-state index contributed by atoms with van der Waals surface area (Å²) >= 11 is 5.72. The third-order valence-electron chi connectivity index (χ3n) is 10.9. The number of halogens is 5. The van der Waals surface area contributed by atoms with E-state index in [2.05, 4.69) is 171 Å². The fraction of sp³-hybridized carbons (Fsp3) is 0.387. The van der Waals surface area contributed by atoms with Crippen molar-refractivity contribution in [1.29, 1.82) is 0 Å². The normalized spacial score (nSPS) is 10.6. The zero-order valence-corrected chi connectivity index (χ0v) is 46.0. The molecule has 0 unspecified atom stereocenters. The van der Waals surface area contributed by atoms with E-state index in [1.54, 1.807) is 12.5 Å². The average molecular weight is 994 g/mol. The van der Waals surface area contributed by atoms with Crippen molar-refractivity contribution in [3.05, 3.63) is 225 Å². The lowest BCUT2D eigenvalue weighted by molar-refractivity contribution is -0.137. The van der Waals surface area contributed by atoms with Crippen LogP contribution < -0.4 is 0 Å². The summed E-state index contributed by atoms with van der Waals surface area (Å²) in [5.41, 5.74) is 9.33. The van der Waals surface area contributed by atoms with Gasteiger partial charge in [-0.05, 0) is 131 Å². The van der Waals surface area contributed by atoms with Crippen molar-refractivity contribution >= 4 is 11.6 Å². The molecule has 0 N–H and O–H groups in total. The first-order valence-corrected chi connectivity index (χ1v) is 25.0. The van der Waals surface area contributed by atoms with Gasteiger partial charge < -0.3 is 0 Å². The highest BCUT2D eigenvalue weighted by molar-refractivity contribution is 6.30. The molecular weight excluding hydrogens is 912 g/mol. The molecule has 2 aromatic heterocycles. The minimum absolute atomic E-state index is 0.163. The van der Waals surface area contributed by atoms with Crippen molar-refractivity contribution in [2.45, 2.75) is 158 Å². The molecule has 0 spiro atoms. The van der Waals surface area contributed by atoms with Gasteiger partial charge in [-0.15, -0.1) is 0 Å². The maximum Gasteiger partial charge on any atom is 0.416 e. The van der Waals surface area contributed by atoms with Gasteiger partial charge in [-0.2, -0.15) is 13.2 Å². The predicted molar refractivity (Wildman–Crippen MR) is 294 cm³/mol. The zero-order valence-electron chi connectivity index (χ0n) is 45.2. The van der Waals surface area contributed by atoms with Crippen LogP contribution in [-0.4, -0.2) is 19.9 Å². The highest BCUT2D eigenvalue weighted by Gasteiger charge is 2.30. The van der Waals surface area contributed by atoms with E-state index in [0.717, 1.165) is 34.2 Å². The third kappa shape index (κ3) is 28.0. The van der Waals surface area contributed by atoms with Crippen molar-refractivity contribution in [1.82, 2.24) is 19.9 Å². The molecule has 384 valence electrons. The summed E-state index contributed by atoms with van der Waals surface area (Å²) in [6.45, 7) is 33.7. The Hall–Kier alpha value is -5.73. The first-order valence-electron chi connectivity index (χ1n) is 24.7. The highest BCUT2D eigenvalue weighted by atomic mass is 35.5. The first kappa shape index (κ1) is 63.3. The summed E-state index contributed by atoms with van der Waals surface area (Å²) in [6.07, 6.45) is 2.88. The third-order valence-corrected chi connectivity index (χ3v) is 11.1.